The molecule has 2 rings (SSSR count). The lowest BCUT2D eigenvalue weighted by atomic mass is 10.0. The number of amides is 1. The minimum absolute atomic E-state index is 0.467. The molecule has 0 spiro atoms. The second kappa shape index (κ2) is 6.22. The summed E-state index contributed by atoms with van der Waals surface area (Å²) in [5, 5.41) is -0.501. The van der Waals surface area contributed by atoms with Gasteiger partial charge in [-0.05, 0) is 31.7 Å². The fourth-order valence-corrected chi connectivity index (χ4v) is 3.69. The summed E-state index contributed by atoms with van der Waals surface area (Å²) >= 11 is 0. The van der Waals surface area contributed by atoms with Crippen molar-refractivity contribution in [3.63, 3.8) is 0 Å². The van der Waals surface area contributed by atoms with Gasteiger partial charge in [-0.25, -0.2) is 8.42 Å². The molecule has 108 valence electrons. The van der Waals surface area contributed by atoms with E-state index in [0.717, 1.165) is 12.0 Å². The molecular formula is C15H19NO3S. The first-order chi connectivity index (χ1) is 9.50. The van der Waals surface area contributed by atoms with Gasteiger partial charge < -0.3 is 0 Å². The average Bonchev–Trinajstić information content (AvgIpc) is 2.48. The Balaban J connectivity index is 2.05. The van der Waals surface area contributed by atoms with Crippen LogP contribution in [0, 0.1) is 0 Å². The second-order valence-electron chi connectivity index (χ2n) is 5.05. The molecule has 0 bridgehead atoms. The molecular weight excluding hydrogens is 274 g/mol. The van der Waals surface area contributed by atoms with E-state index in [9.17, 15) is 13.2 Å². The van der Waals surface area contributed by atoms with Gasteiger partial charge in [-0.15, -0.1) is 0 Å². The molecule has 1 aliphatic rings. The molecule has 0 saturated heterocycles. The van der Waals surface area contributed by atoms with Crippen LogP contribution >= 0.6 is 0 Å². The maximum Gasteiger partial charge on any atom is 0.240 e. The molecule has 1 N–H and O–H groups in total. The van der Waals surface area contributed by atoms with Gasteiger partial charge in [0, 0.05) is 0 Å². The number of hydrogen-bond donors (Lipinski definition) is 1. The maximum atomic E-state index is 12.2. The normalized spacial score (nSPS) is 20.4. The van der Waals surface area contributed by atoms with Gasteiger partial charge in [0.05, 0.1) is 11.2 Å². The van der Waals surface area contributed by atoms with E-state index in [4.69, 9.17) is 0 Å². The van der Waals surface area contributed by atoms with Crippen LogP contribution in [0.5, 0.6) is 0 Å². The van der Waals surface area contributed by atoms with Crippen molar-refractivity contribution in [1.29, 1.82) is 0 Å². The summed E-state index contributed by atoms with van der Waals surface area (Å²) < 4.78 is 26.6. The predicted octanol–water partition coefficient (Wildman–Crippen LogP) is 2.34. The zero-order chi connectivity index (χ0) is 14.6. The number of allylic oxidation sites excluding steroid dienone is 2. The molecule has 20 heavy (non-hydrogen) atoms. The molecule has 2 atom stereocenters. The third kappa shape index (κ3) is 3.48. The molecule has 5 heteroatoms. The number of carbonyl (C=O) groups is 1. The standard InChI is InChI=1S/C15H19NO3S/c1-12(13-8-4-2-5-9-13)15(17)16-20(18,19)14-10-6-3-7-11-14/h2-6,8-9,12,14H,7,10-11H2,1H3,(H,16,17)/t12-,14?/m0/s1. The summed E-state index contributed by atoms with van der Waals surface area (Å²) in [7, 11) is -3.59. The highest BCUT2D eigenvalue weighted by Gasteiger charge is 2.29. The zero-order valence-electron chi connectivity index (χ0n) is 11.5. The first kappa shape index (κ1) is 14.8. The van der Waals surface area contributed by atoms with Crippen LogP contribution in [0.4, 0.5) is 0 Å². The molecule has 1 unspecified atom stereocenters. The zero-order valence-corrected chi connectivity index (χ0v) is 12.3. The van der Waals surface area contributed by atoms with Crippen molar-refractivity contribution in [2.75, 3.05) is 0 Å². The summed E-state index contributed by atoms with van der Waals surface area (Å²) in [5.74, 6) is -0.948. The van der Waals surface area contributed by atoms with Crippen LogP contribution in [0.1, 0.15) is 37.7 Å². The van der Waals surface area contributed by atoms with Crippen LogP contribution in [0.15, 0.2) is 42.5 Å². The first-order valence-corrected chi connectivity index (χ1v) is 8.31. The molecule has 0 heterocycles. The van der Waals surface area contributed by atoms with Crippen molar-refractivity contribution in [1.82, 2.24) is 4.72 Å². The fourth-order valence-electron chi connectivity index (χ4n) is 2.25. The van der Waals surface area contributed by atoms with E-state index in [1.807, 2.05) is 42.5 Å². The molecule has 0 radical (unpaired) electrons. The van der Waals surface area contributed by atoms with Crippen LogP contribution in [0.25, 0.3) is 0 Å². The molecule has 1 aromatic carbocycles. The number of benzene rings is 1. The molecule has 4 nitrogen and oxygen atoms in total. The summed E-state index contributed by atoms with van der Waals surface area (Å²) in [6.07, 6.45) is 5.62. The third-order valence-electron chi connectivity index (χ3n) is 3.60. The Morgan fingerprint density at radius 2 is 1.95 bits per heavy atom. The van der Waals surface area contributed by atoms with Crippen LogP contribution in [-0.4, -0.2) is 19.6 Å². The largest absolute Gasteiger partial charge is 0.273 e. The van der Waals surface area contributed by atoms with Crippen molar-refractivity contribution in [2.24, 2.45) is 0 Å². The van der Waals surface area contributed by atoms with E-state index in [1.54, 1.807) is 6.92 Å². The Morgan fingerprint density at radius 1 is 1.25 bits per heavy atom. The van der Waals surface area contributed by atoms with Gasteiger partial charge in [0.2, 0.25) is 15.9 Å². The average molecular weight is 293 g/mol. The summed E-state index contributed by atoms with van der Waals surface area (Å²) in [5.41, 5.74) is 0.809. The second-order valence-corrected chi connectivity index (χ2v) is 7.01. The van der Waals surface area contributed by atoms with Gasteiger partial charge in [-0.2, -0.15) is 0 Å². The lowest BCUT2D eigenvalue weighted by Gasteiger charge is -2.20. The van der Waals surface area contributed by atoms with E-state index >= 15 is 0 Å². The molecule has 0 saturated carbocycles. The molecule has 0 aliphatic heterocycles. The van der Waals surface area contributed by atoms with Gasteiger partial charge in [-0.3, -0.25) is 9.52 Å². The minimum Gasteiger partial charge on any atom is -0.273 e. The van der Waals surface area contributed by atoms with Crippen molar-refractivity contribution in [2.45, 2.75) is 37.4 Å². The number of hydrogen-bond acceptors (Lipinski definition) is 3. The monoisotopic (exact) mass is 293 g/mol. The highest BCUT2D eigenvalue weighted by Crippen LogP contribution is 2.20. The maximum absolute atomic E-state index is 12.2. The molecule has 1 aromatic rings. The Kier molecular flexibility index (Phi) is 4.60. The number of nitrogens with one attached hydrogen (secondary N) is 1. The summed E-state index contributed by atoms with van der Waals surface area (Å²) in [4.78, 5) is 12.1. The van der Waals surface area contributed by atoms with Crippen molar-refractivity contribution in [3.05, 3.63) is 48.0 Å². The van der Waals surface area contributed by atoms with Crippen LogP contribution in [0.3, 0.4) is 0 Å². The number of rotatable bonds is 4. The number of sulfonamides is 1. The Labute approximate surface area is 119 Å². The van der Waals surface area contributed by atoms with E-state index in [2.05, 4.69) is 4.72 Å². The lowest BCUT2D eigenvalue weighted by Crippen LogP contribution is -2.40. The first-order valence-electron chi connectivity index (χ1n) is 6.76. The molecule has 0 fully saturated rings. The Morgan fingerprint density at radius 3 is 2.55 bits per heavy atom. The quantitative estimate of drug-likeness (QED) is 0.867. The van der Waals surface area contributed by atoms with Crippen molar-refractivity contribution in [3.8, 4) is 0 Å². The Hall–Kier alpha value is -1.62. The van der Waals surface area contributed by atoms with Gasteiger partial charge in [-0.1, -0.05) is 42.5 Å². The SMILES string of the molecule is C[C@H](C(=O)NS(=O)(=O)C1CC=CCC1)c1ccccc1. The van der Waals surface area contributed by atoms with Crippen molar-refractivity contribution < 1.29 is 13.2 Å². The molecule has 1 aliphatic carbocycles. The van der Waals surface area contributed by atoms with Crippen LogP contribution in [0.2, 0.25) is 0 Å². The van der Waals surface area contributed by atoms with Gasteiger partial charge in [0.25, 0.3) is 0 Å². The topological polar surface area (TPSA) is 63.2 Å². The van der Waals surface area contributed by atoms with E-state index in [0.29, 0.717) is 12.8 Å². The molecule has 0 aromatic heterocycles. The van der Waals surface area contributed by atoms with Crippen molar-refractivity contribution >= 4 is 15.9 Å². The lowest BCUT2D eigenvalue weighted by molar-refractivity contribution is -0.120. The molecule has 1 amide bonds. The van der Waals surface area contributed by atoms with Gasteiger partial charge >= 0.3 is 0 Å². The van der Waals surface area contributed by atoms with Gasteiger partial charge in [0.15, 0.2) is 0 Å². The minimum atomic E-state index is -3.59. The van der Waals surface area contributed by atoms with Crippen LogP contribution in [-0.2, 0) is 14.8 Å². The van der Waals surface area contributed by atoms with E-state index in [-0.39, 0.29) is 0 Å². The van der Waals surface area contributed by atoms with Crippen LogP contribution < -0.4 is 4.72 Å². The summed E-state index contributed by atoms with van der Waals surface area (Å²) in [6, 6.07) is 9.17. The van der Waals surface area contributed by atoms with E-state index in [1.165, 1.54) is 0 Å². The third-order valence-corrected chi connectivity index (χ3v) is 5.39. The van der Waals surface area contributed by atoms with E-state index < -0.39 is 27.1 Å². The predicted molar refractivity (Wildman–Crippen MR) is 78.7 cm³/mol. The highest BCUT2D eigenvalue weighted by molar-refractivity contribution is 7.90. The number of carbonyl (C=O) groups excluding carboxylic acids is 1. The highest BCUT2D eigenvalue weighted by atomic mass is 32.2. The summed E-state index contributed by atoms with van der Waals surface area (Å²) in [6.45, 7) is 1.71. The van der Waals surface area contributed by atoms with Gasteiger partial charge in [0.1, 0.15) is 0 Å². The fraction of sp³-hybridized carbons (Fsp3) is 0.400. The Bertz CT molecular complexity index is 593. The smallest absolute Gasteiger partial charge is 0.240 e.